The van der Waals surface area contributed by atoms with E-state index < -0.39 is 0 Å². The number of nitrogens with one attached hydrogen (secondary N) is 1. The Balaban J connectivity index is 1.22. The molecule has 0 saturated carbocycles. The molecule has 2 aliphatic rings. The van der Waals surface area contributed by atoms with Crippen LogP contribution in [0.4, 0.5) is 5.82 Å². The second-order valence-electron chi connectivity index (χ2n) is 10.8. The highest BCUT2D eigenvalue weighted by Gasteiger charge is 2.28. The van der Waals surface area contributed by atoms with Gasteiger partial charge in [0, 0.05) is 63.1 Å². The van der Waals surface area contributed by atoms with E-state index in [0.717, 1.165) is 38.1 Å². The molecular weight excluding hydrogens is 554 g/mol. The molecule has 0 aliphatic carbocycles. The van der Waals surface area contributed by atoms with E-state index in [9.17, 15) is 14.4 Å². The number of aromatic amines is 1. The molecule has 0 radical (unpaired) electrons. The molecule has 2 amide bonds. The number of amides is 2. The maximum absolute atomic E-state index is 13.6. The summed E-state index contributed by atoms with van der Waals surface area (Å²) in [6.45, 7) is 8.15. The van der Waals surface area contributed by atoms with Crippen molar-refractivity contribution < 1.29 is 19.1 Å². The molecule has 12 heteroatoms. The number of rotatable bonds is 7. The third-order valence-corrected chi connectivity index (χ3v) is 8.66. The fraction of sp³-hybridized carbons (Fsp3) is 0.400. The van der Waals surface area contributed by atoms with Gasteiger partial charge < -0.3 is 19.4 Å². The number of benzene rings is 1. The number of allylic oxidation sites excluding steroid dienone is 2. The average Bonchev–Trinajstić information content (AvgIpc) is 3.66. The molecule has 1 aromatic carbocycles. The van der Waals surface area contributed by atoms with Crippen molar-refractivity contribution in [3.63, 3.8) is 0 Å². The quantitative estimate of drug-likeness (QED) is 0.325. The van der Waals surface area contributed by atoms with Gasteiger partial charge in [0.2, 0.25) is 5.91 Å². The number of anilines is 1. The van der Waals surface area contributed by atoms with Crippen LogP contribution in [0.15, 0.2) is 42.1 Å². The molecule has 42 heavy (non-hydrogen) atoms. The number of piperazine rings is 1. The molecule has 2 aliphatic heterocycles. The number of nitrogens with zero attached hydrogens (tertiary/aromatic N) is 6. The summed E-state index contributed by atoms with van der Waals surface area (Å²) in [7, 11) is 0. The van der Waals surface area contributed by atoms with Gasteiger partial charge in [-0.1, -0.05) is 17.7 Å². The van der Waals surface area contributed by atoms with Crippen LogP contribution in [0.1, 0.15) is 36.4 Å². The van der Waals surface area contributed by atoms with E-state index in [1.807, 2.05) is 38.1 Å². The lowest BCUT2D eigenvalue weighted by Gasteiger charge is -2.34. The number of ether oxygens (including phenoxy) is 1. The monoisotopic (exact) mass is 587 g/mol. The number of morpholine rings is 1. The summed E-state index contributed by atoms with van der Waals surface area (Å²) in [5.74, 6) is 1.23. The number of hydrogen-bond donors (Lipinski definition) is 1. The van der Waals surface area contributed by atoms with Gasteiger partial charge in [-0.25, -0.2) is 9.97 Å². The Morgan fingerprint density at radius 2 is 1.76 bits per heavy atom. The van der Waals surface area contributed by atoms with Crippen molar-refractivity contribution in [1.29, 1.82) is 0 Å². The second kappa shape index (κ2) is 12.0. The number of fused-ring (bicyclic) bond motifs is 2. The van der Waals surface area contributed by atoms with Gasteiger partial charge in [-0.05, 0) is 32.1 Å². The summed E-state index contributed by atoms with van der Waals surface area (Å²) < 4.78 is 6.46. The lowest BCUT2D eigenvalue weighted by molar-refractivity contribution is -0.134. The number of hydrogen-bond acceptors (Lipinski definition) is 9. The fourth-order valence-electron chi connectivity index (χ4n) is 5.39. The van der Waals surface area contributed by atoms with Crippen molar-refractivity contribution in [1.82, 2.24) is 30.0 Å². The summed E-state index contributed by atoms with van der Waals surface area (Å²) >= 11 is 1.41. The SMILES string of the molecule is CC(C)=CC(=O)CCC(=O)N1CCN(C(=O)c2cc3nc(-c4cccc5[nH]ncc45)nc(N4CCOCC4)c3s2)CC1. The van der Waals surface area contributed by atoms with E-state index in [-0.39, 0.29) is 30.4 Å². The van der Waals surface area contributed by atoms with E-state index >= 15 is 0 Å². The number of ketones is 1. The third kappa shape index (κ3) is 5.77. The molecule has 0 bridgehead atoms. The molecule has 2 fully saturated rings. The molecule has 218 valence electrons. The lowest BCUT2D eigenvalue weighted by Crippen LogP contribution is -2.50. The molecule has 0 atom stereocenters. The Morgan fingerprint density at radius 3 is 2.52 bits per heavy atom. The molecule has 3 aromatic heterocycles. The summed E-state index contributed by atoms with van der Waals surface area (Å²) in [6, 6.07) is 7.76. The second-order valence-corrected chi connectivity index (χ2v) is 11.8. The van der Waals surface area contributed by atoms with E-state index in [0.29, 0.717) is 63.2 Å². The standard InChI is InChI=1S/C30H33N7O4S/c1-19(2)16-20(38)6-7-26(39)35-8-10-37(11-9-35)30(40)25-17-24-27(42-25)29(36-12-14-41-15-13-36)33-28(32-24)21-4-3-5-23-22(21)18-31-34-23/h3-5,16-18H,6-15H2,1-2H3,(H,31,34). The third-order valence-electron chi connectivity index (χ3n) is 7.56. The number of aromatic nitrogens is 4. The van der Waals surface area contributed by atoms with Gasteiger partial charge in [0.15, 0.2) is 17.4 Å². The molecule has 0 spiro atoms. The zero-order valence-corrected chi connectivity index (χ0v) is 24.6. The molecule has 2 saturated heterocycles. The van der Waals surface area contributed by atoms with E-state index in [1.54, 1.807) is 22.1 Å². The minimum atomic E-state index is -0.0738. The maximum atomic E-state index is 13.6. The minimum absolute atomic E-state index is 0.0360. The minimum Gasteiger partial charge on any atom is -0.378 e. The van der Waals surface area contributed by atoms with Crippen LogP contribution in [-0.2, 0) is 14.3 Å². The highest BCUT2D eigenvalue weighted by molar-refractivity contribution is 7.21. The van der Waals surface area contributed by atoms with Crippen LogP contribution in [0.3, 0.4) is 0 Å². The van der Waals surface area contributed by atoms with Gasteiger partial charge in [-0.2, -0.15) is 5.10 Å². The lowest BCUT2D eigenvalue weighted by atomic mass is 10.1. The van der Waals surface area contributed by atoms with Crippen LogP contribution in [0.2, 0.25) is 0 Å². The number of carbonyl (C=O) groups is 3. The first kappa shape index (κ1) is 28.0. The molecule has 4 aromatic rings. The Kier molecular flexibility index (Phi) is 7.98. The number of carbonyl (C=O) groups excluding carboxylic acids is 3. The molecule has 5 heterocycles. The predicted molar refractivity (Wildman–Crippen MR) is 162 cm³/mol. The van der Waals surface area contributed by atoms with E-state index in [1.165, 1.54) is 11.3 Å². The van der Waals surface area contributed by atoms with Crippen LogP contribution in [0, 0.1) is 0 Å². The fourth-order valence-corrected chi connectivity index (χ4v) is 6.47. The van der Waals surface area contributed by atoms with E-state index in [4.69, 9.17) is 14.7 Å². The number of H-pyrrole nitrogens is 1. The number of thiophene rings is 1. The molecule has 1 N–H and O–H groups in total. The van der Waals surface area contributed by atoms with E-state index in [2.05, 4.69) is 15.1 Å². The molecule has 6 rings (SSSR count). The zero-order valence-electron chi connectivity index (χ0n) is 23.8. The summed E-state index contributed by atoms with van der Waals surface area (Å²) in [5.41, 5.74) is 3.43. The Morgan fingerprint density at radius 1 is 1.00 bits per heavy atom. The zero-order chi connectivity index (χ0) is 29.2. The van der Waals surface area contributed by atoms with Crippen LogP contribution >= 0.6 is 11.3 Å². The van der Waals surface area contributed by atoms with Crippen molar-refractivity contribution >= 4 is 55.9 Å². The summed E-state index contributed by atoms with van der Waals surface area (Å²) in [4.78, 5) is 54.5. The van der Waals surface area contributed by atoms with Gasteiger partial charge in [0.25, 0.3) is 5.91 Å². The van der Waals surface area contributed by atoms with Crippen molar-refractivity contribution in [2.24, 2.45) is 0 Å². The van der Waals surface area contributed by atoms with Crippen molar-refractivity contribution in [2.45, 2.75) is 26.7 Å². The highest BCUT2D eigenvalue weighted by atomic mass is 32.1. The molecule has 11 nitrogen and oxygen atoms in total. The summed E-state index contributed by atoms with van der Waals surface area (Å²) in [5, 5.41) is 8.13. The summed E-state index contributed by atoms with van der Waals surface area (Å²) in [6.07, 6.45) is 3.74. The van der Waals surface area contributed by atoms with Crippen LogP contribution in [-0.4, -0.2) is 100 Å². The van der Waals surface area contributed by atoms with Crippen LogP contribution in [0.25, 0.3) is 32.5 Å². The highest BCUT2D eigenvalue weighted by Crippen LogP contribution is 2.36. The normalized spacial score (nSPS) is 15.8. The van der Waals surface area contributed by atoms with Crippen LogP contribution in [0.5, 0.6) is 0 Å². The maximum Gasteiger partial charge on any atom is 0.264 e. The van der Waals surface area contributed by atoms with Gasteiger partial charge in [0.05, 0.1) is 40.0 Å². The van der Waals surface area contributed by atoms with Gasteiger partial charge in [-0.15, -0.1) is 11.3 Å². The Bertz CT molecular complexity index is 1680. The first-order valence-electron chi connectivity index (χ1n) is 14.2. The van der Waals surface area contributed by atoms with Crippen molar-refractivity contribution in [2.75, 3.05) is 57.4 Å². The Labute approximate surface area is 247 Å². The average molecular weight is 588 g/mol. The van der Waals surface area contributed by atoms with Gasteiger partial charge in [0.1, 0.15) is 0 Å². The first-order valence-corrected chi connectivity index (χ1v) is 15.0. The van der Waals surface area contributed by atoms with Gasteiger partial charge >= 0.3 is 0 Å². The predicted octanol–water partition coefficient (Wildman–Crippen LogP) is 3.67. The van der Waals surface area contributed by atoms with Crippen LogP contribution < -0.4 is 4.90 Å². The molecule has 0 unspecified atom stereocenters. The van der Waals surface area contributed by atoms with Gasteiger partial charge in [-0.3, -0.25) is 19.5 Å². The first-order chi connectivity index (χ1) is 20.4. The van der Waals surface area contributed by atoms with Crippen molar-refractivity contribution in [3.8, 4) is 11.4 Å². The Hall–Kier alpha value is -4.16. The smallest absolute Gasteiger partial charge is 0.264 e. The van der Waals surface area contributed by atoms with Crippen molar-refractivity contribution in [3.05, 3.63) is 47.0 Å². The topological polar surface area (TPSA) is 125 Å². The molecular formula is C30H33N7O4S. The largest absolute Gasteiger partial charge is 0.378 e.